The highest BCUT2D eigenvalue weighted by atomic mass is 32.2. The molecule has 2 rings (SSSR count). The normalized spacial score (nSPS) is 10.7. The summed E-state index contributed by atoms with van der Waals surface area (Å²) in [6, 6.07) is 13.2. The maximum atomic E-state index is 3.36. The molecule has 0 saturated carbocycles. The zero-order valence-corrected chi connectivity index (χ0v) is 12.3. The van der Waals surface area contributed by atoms with E-state index in [9.17, 15) is 0 Å². The van der Waals surface area contributed by atoms with Crippen molar-refractivity contribution in [2.24, 2.45) is 0 Å². The number of thioether (sulfide) groups is 1. The molecule has 0 radical (unpaired) electrons. The Hall–Kier alpha value is -0.770. The van der Waals surface area contributed by atoms with E-state index in [0.29, 0.717) is 0 Å². The number of hydrogen-bond acceptors (Lipinski definition) is 3. The first-order chi connectivity index (χ1) is 8.88. The molecular formula is C15H19NS2. The Bertz CT molecular complexity index is 451. The Morgan fingerprint density at radius 3 is 2.94 bits per heavy atom. The number of rotatable bonds is 7. The average Bonchev–Trinajstić information content (AvgIpc) is 2.90. The molecule has 0 aliphatic rings. The van der Waals surface area contributed by atoms with Crippen LogP contribution in [0.5, 0.6) is 0 Å². The third-order valence-electron chi connectivity index (χ3n) is 2.67. The predicted octanol–water partition coefficient (Wildman–Crippen LogP) is 4.19. The van der Waals surface area contributed by atoms with Crippen molar-refractivity contribution in [3.63, 3.8) is 0 Å². The van der Waals surface area contributed by atoms with E-state index in [1.54, 1.807) is 0 Å². The number of hydrogen-bond donors (Lipinski definition) is 1. The lowest BCUT2D eigenvalue weighted by molar-refractivity contribution is 0.725. The minimum absolute atomic E-state index is 0.968. The van der Waals surface area contributed by atoms with Gasteiger partial charge in [0.1, 0.15) is 0 Å². The summed E-state index contributed by atoms with van der Waals surface area (Å²) in [5, 5.41) is 5.51. The molecule has 1 heterocycles. The number of aryl methyl sites for hydroxylation is 1. The van der Waals surface area contributed by atoms with Crippen molar-refractivity contribution >= 4 is 23.1 Å². The maximum Gasteiger partial charge on any atom is 0.0205 e. The molecule has 0 unspecified atom stereocenters. The molecule has 1 nitrogen and oxygen atoms in total. The van der Waals surface area contributed by atoms with Gasteiger partial charge >= 0.3 is 0 Å². The van der Waals surface area contributed by atoms with Crippen LogP contribution in [0, 0.1) is 0 Å². The summed E-state index contributed by atoms with van der Waals surface area (Å²) >= 11 is 3.79. The van der Waals surface area contributed by atoms with Crippen molar-refractivity contribution in [1.29, 1.82) is 0 Å². The summed E-state index contributed by atoms with van der Waals surface area (Å²) in [6.07, 6.45) is 1.17. The molecule has 0 spiro atoms. The minimum atomic E-state index is 0.968. The SMILES string of the molecule is CCNCc1cccc(SCCc2cccs2)c1. The highest BCUT2D eigenvalue weighted by Crippen LogP contribution is 2.21. The zero-order chi connectivity index (χ0) is 12.6. The molecule has 0 fully saturated rings. The summed E-state index contributed by atoms with van der Waals surface area (Å²) in [7, 11) is 0. The molecule has 2 aromatic rings. The Balaban J connectivity index is 1.81. The molecule has 1 aromatic heterocycles. The van der Waals surface area contributed by atoms with Crippen LogP contribution in [-0.4, -0.2) is 12.3 Å². The van der Waals surface area contributed by atoms with Crippen molar-refractivity contribution in [1.82, 2.24) is 5.32 Å². The van der Waals surface area contributed by atoms with Crippen molar-refractivity contribution in [2.45, 2.75) is 24.8 Å². The molecule has 0 aliphatic heterocycles. The van der Waals surface area contributed by atoms with Gasteiger partial charge in [-0.1, -0.05) is 25.1 Å². The average molecular weight is 277 g/mol. The third-order valence-corrected chi connectivity index (χ3v) is 4.61. The van der Waals surface area contributed by atoms with E-state index in [4.69, 9.17) is 0 Å². The van der Waals surface area contributed by atoms with E-state index in [2.05, 4.69) is 54.0 Å². The fourth-order valence-corrected chi connectivity index (χ4v) is 3.54. The van der Waals surface area contributed by atoms with Gasteiger partial charge in [0.25, 0.3) is 0 Å². The molecule has 18 heavy (non-hydrogen) atoms. The van der Waals surface area contributed by atoms with Crippen LogP contribution in [0.25, 0.3) is 0 Å². The fourth-order valence-electron chi connectivity index (χ4n) is 1.74. The molecule has 0 amide bonds. The Morgan fingerprint density at radius 1 is 1.22 bits per heavy atom. The summed E-state index contributed by atoms with van der Waals surface area (Å²) in [5.41, 5.74) is 1.37. The van der Waals surface area contributed by atoms with Gasteiger partial charge in [-0.2, -0.15) is 0 Å². The maximum absolute atomic E-state index is 3.36. The quantitative estimate of drug-likeness (QED) is 0.762. The van der Waals surface area contributed by atoms with Crippen LogP contribution in [-0.2, 0) is 13.0 Å². The molecule has 1 aromatic carbocycles. The highest BCUT2D eigenvalue weighted by Gasteiger charge is 1.98. The van der Waals surface area contributed by atoms with Crippen molar-refractivity contribution in [2.75, 3.05) is 12.3 Å². The number of thiophene rings is 1. The van der Waals surface area contributed by atoms with Crippen LogP contribution in [0.2, 0.25) is 0 Å². The smallest absolute Gasteiger partial charge is 0.0205 e. The van der Waals surface area contributed by atoms with Crippen LogP contribution in [0.15, 0.2) is 46.7 Å². The lowest BCUT2D eigenvalue weighted by atomic mass is 10.2. The molecular weight excluding hydrogens is 258 g/mol. The van der Waals surface area contributed by atoms with Gasteiger partial charge in [-0.05, 0) is 42.1 Å². The Kier molecular flexibility index (Phi) is 5.78. The lowest BCUT2D eigenvalue weighted by Crippen LogP contribution is -2.11. The van der Waals surface area contributed by atoms with Gasteiger partial charge in [-0.25, -0.2) is 0 Å². The van der Waals surface area contributed by atoms with Gasteiger partial charge in [0.2, 0.25) is 0 Å². The Morgan fingerprint density at radius 2 is 2.17 bits per heavy atom. The van der Waals surface area contributed by atoms with Gasteiger partial charge in [0, 0.05) is 22.1 Å². The summed E-state index contributed by atoms with van der Waals surface area (Å²) in [6.45, 7) is 4.13. The van der Waals surface area contributed by atoms with E-state index >= 15 is 0 Å². The van der Waals surface area contributed by atoms with Crippen LogP contribution in [0.1, 0.15) is 17.4 Å². The van der Waals surface area contributed by atoms with Crippen molar-refractivity contribution < 1.29 is 0 Å². The first-order valence-electron chi connectivity index (χ1n) is 6.33. The summed E-state index contributed by atoms with van der Waals surface area (Å²) in [5.74, 6) is 1.16. The highest BCUT2D eigenvalue weighted by molar-refractivity contribution is 7.99. The molecule has 0 saturated heterocycles. The van der Waals surface area contributed by atoms with E-state index in [0.717, 1.165) is 18.8 Å². The topological polar surface area (TPSA) is 12.0 Å². The first kappa shape index (κ1) is 13.7. The first-order valence-corrected chi connectivity index (χ1v) is 8.20. The molecule has 1 N–H and O–H groups in total. The second kappa shape index (κ2) is 7.62. The van der Waals surface area contributed by atoms with E-state index in [1.807, 2.05) is 23.1 Å². The Labute approximate surface area is 118 Å². The molecule has 0 atom stereocenters. The largest absolute Gasteiger partial charge is 0.313 e. The lowest BCUT2D eigenvalue weighted by Gasteiger charge is -2.05. The summed E-state index contributed by atoms with van der Waals surface area (Å²) < 4.78 is 0. The second-order valence-electron chi connectivity index (χ2n) is 4.11. The van der Waals surface area contributed by atoms with Crippen molar-refractivity contribution in [3.05, 3.63) is 52.2 Å². The van der Waals surface area contributed by atoms with Gasteiger partial charge < -0.3 is 5.32 Å². The van der Waals surface area contributed by atoms with E-state index in [-0.39, 0.29) is 0 Å². The monoisotopic (exact) mass is 277 g/mol. The van der Waals surface area contributed by atoms with Gasteiger partial charge in [-0.3, -0.25) is 0 Å². The third kappa shape index (κ3) is 4.48. The standard InChI is InChI=1S/C15H19NS2/c1-2-16-12-13-5-3-6-15(11-13)18-10-8-14-7-4-9-17-14/h3-7,9,11,16H,2,8,10,12H2,1H3. The number of nitrogens with one attached hydrogen (secondary N) is 1. The van der Waals surface area contributed by atoms with Gasteiger partial charge in [0.15, 0.2) is 0 Å². The van der Waals surface area contributed by atoms with Crippen LogP contribution in [0.4, 0.5) is 0 Å². The minimum Gasteiger partial charge on any atom is -0.313 e. The molecule has 0 bridgehead atoms. The number of benzene rings is 1. The molecule has 96 valence electrons. The second-order valence-corrected chi connectivity index (χ2v) is 6.31. The molecule has 3 heteroatoms. The molecule has 0 aliphatic carbocycles. The fraction of sp³-hybridized carbons (Fsp3) is 0.333. The zero-order valence-electron chi connectivity index (χ0n) is 10.7. The van der Waals surface area contributed by atoms with Crippen LogP contribution >= 0.6 is 23.1 Å². The van der Waals surface area contributed by atoms with E-state index < -0.39 is 0 Å². The van der Waals surface area contributed by atoms with Gasteiger partial charge in [-0.15, -0.1) is 23.1 Å². The van der Waals surface area contributed by atoms with Crippen molar-refractivity contribution in [3.8, 4) is 0 Å². The van der Waals surface area contributed by atoms with Crippen LogP contribution in [0.3, 0.4) is 0 Å². The van der Waals surface area contributed by atoms with E-state index in [1.165, 1.54) is 21.8 Å². The summed E-state index contributed by atoms with van der Waals surface area (Å²) in [4.78, 5) is 2.85. The van der Waals surface area contributed by atoms with Gasteiger partial charge in [0.05, 0.1) is 0 Å². The predicted molar refractivity (Wildman–Crippen MR) is 82.6 cm³/mol. The van der Waals surface area contributed by atoms with Crippen LogP contribution < -0.4 is 5.32 Å².